The summed E-state index contributed by atoms with van der Waals surface area (Å²) in [6.07, 6.45) is 2.51. The normalized spacial score (nSPS) is 18.4. The van der Waals surface area contributed by atoms with E-state index < -0.39 is 0 Å². The monoisotopic (exact) mass is 264 g/mol. The van der Waals surface area contributed by atoms with Gasteiger partial charge >= 0.3 is 0 Å². The first-order chi connectivity index (χ1) is 9.24. The smallest absolute Gasteiger partial charge is 0.162 e. The molecule has 0 amide bonds. The quantitative estimate of drug-likeness (QED) is 0.828. The average Bonchev–Trinajstić information content (AvgIpc) is 2.93. The van der Waals surface area contributed by atoms with E-state index in [9.17, 15) is 0 Å². The van der Waals surface area contributed by atoms with E-state index in [0.29, 0.717) is 0 Å². The molecule has 0 radical (unpaired) electrons. The first-order valence-corrected chi connectivity index (χ1v) is 6.91. The number of nitrogens with one attached hydrogen (secondary N) is 2. The van der Waals surface area contributed by atoms with Crippen LogP contribution in [-0.4, -0.2) is 33.9 Å². The van der Waals surface area contributed by atoms with Crippen molar-refractivity contribution < 1.29 is 9.47 Å². The zero-order chi connectivity index (χ0) is 13.7. The number of aryl methyl sites for hydroxylation is 1. The van der Waals surface area contributed by atoms with Crippen LogP contribution in [0, 0.1) is 12.8 Å². The molecule has 0 bridgehead atoms. The van der Waals surface area contributed by atoms with Gasteiger partial charge in [0.1, 0.15) is 0 Å². The third-order valence-corrected chi connectivity index (χ3v) is 3.76. The van der Waals surface area contributed by atoms with Crippen LogP contribution in [0.1, 0.15) is 18.4 Å². The summed E-state index contributed by atoms with van der Waals surface area (Å²) in [5, 5.41) is 6.90. The molecule has 1 aromatic carbocycles. The number of methoxy groups -OCH3 is 2. The van der Waals surface area contributed by atoms with Gasteiger partial charge in [0.15, 0.2) is 11.5 Å². The summed E-state index contributed by atoms with van der Waals surface area (Å²) in [6, 6.07) is 4.03. The van der Waals surface area contributed by atoms with E-state index in [2.05, 4.69) is 17.6 Å². The van der Waals surface area contributed by atoms with Gasteiger partial charge in [0.2, 0.25) is 0 Å². The van der Waals surface area contributed by atoms with Crippen LogP contribution in [-0.2, 0) is 0 Å². The molecule has 0 aliphatic carbocycles. The van der Waals surface area contributed by atoms with Gasteiger partial charge in [0, 0.05) is 18.3 Å². The second-order valence-corrected chi connectivity index (χ2v) is 5.10. The highest BCUT2D eigenvalue weighted by atomic mass is 16.5. The van der Waals surface area contributed by atoms with Gasteiger partial charge < -0.3 is 20.1 Å². The van der Waals surface area contributed by atoms with Crippen LogP contribution in [0.3, 0.4) is 0 Å². The third-order valence-electron chi connectivity index (χ3n) is 3.76. The molecule has 2 N–H and O–H groups in total. The van der Waals surface area contributed by atoms with E-state index in [1.807, 2.05) is 12.1 Å². The minimum Gasteiger partial charge on any atom is -0.493 e. The predicted octanol–water partition coefficient (Wildman–Crippen LogP) is 2.42. The Morgan fingerprint density at radius 2 is 2.00 bits per heavy atom. The van der Waals surface area contributed by atoms with Gasteiger partial charge in [-0.2, -0.15) is 0 Å². The molecule has 0 aromatic heterocycles. The van der Waals surface area contributed by atoms with Gasteiger partial charge in [0.05, 0.1) is 14.2 Å². The Labute approximate surface area is 115 Å². The lowest BCUT2D eigenvalue weighted by molar-refractivity contribution is 0.355. The maximum atomic E-state index is 5.34. The summed E-state index contributed by atoms with van der Waals surface area (Å²) in [4.78, 5) is 0. The number of hydrogen-bond donors (Lipinski definition) is 2. The largest absolute Gasteiger partial charge is 0.493 e. The van der Waals surface area contributed by atoms with Crippen molar-refractivity contribution in [2.75, 3.05) is 39.2 Å². The fourth-order valence-corrected chi connectivity index (χ4v) is 2.54. The van der Waals surface area contributed by atoms with Crippen molar-refractivity contribution in [2.24, 2.45) is 5.92 Å². The van der Waals surface area contributed by atoms with Crippen molar-refractivity contribution in [3.05, 3.63) is 17.7 Å². The Kier molecular flexibility index (Phi) is 4.91. The summed E-state index contributed by atoms with van der Waals surface area (Å²) in [5.74, 6) is 2.37. The van der Waals surface area contributed by atoms with Gasteiger partial charge in [-0.1, -0.05) is 0 Å². The first-order valence-electron chi connectivity index (χ1n) is 6.91. The second kappa shape index (κ2) is 6.66. The van der Waals surface area contributed by atoms with Crippen LogP contribution >= 0.6 is 0 Å². The third kappa shape index (κ3) is 3.53. The van der Waals surface area contributed by atoms with Crippen molar-refractivity contribution in [3.8, 4) is 11.5 Å². The highest BCUT2D eigenvalue weighted by Crippen LogP contribution is 2.32. The lowest BCUT2D eigenvalue weighted by Crippen LogP contribution is -2.13. The molecule has 1 aliphatic rings. The van der Waals surface area contributed by atoms with Crippen molar-refractivity contribution in [3.63, 3.8) is 0 Å². The van der Waals surface area contributed by atoms with Gasteiger partial charge in [-0.3, -0.25) is 0 Å². The number of benzene rings is 1. The Morgan fingerprint density at radius 1 is 1.26 bits per heavy atom. The molecule has 1 heterocycles. The minimum absolute atomic E-state index is 0.776. The lowest BCUT2D eigenvalue weighted by Gasteiger charge is -2.15. The highest BCUT2D eigenvalue weighted by molar-refractivity contribution is 5.60. The molecule has 1 aliphatic heterocycles. The van der Waals surface area contributed by atoms with E-state index in [1.54, 1.807) is 14.2 Å². The summed E-state index contributed by atoms with van der Waals surface area (Å²) in [5.41, 5.74) is 2.31. The van der Waals surface area contributed by atoms with Crippen LogP contribution in [0.25, 0.3) is 0 Å². The molecule has 19 heavy (non-hydrogen) atoms. The Hall–Kier alpha value is -1.42. The van der Waals surface area contributed by atoms with Crippen molar-refractivity contribution >= 4 is 5.69 Å². The van der Waals surface area contributed by atoms with Gasteiger partial charge in [0.25, 0.3) is 0 Å². The summed E-state index contributed by atoms with van der Waals surface area (Å²) in [7, 11) is 3.33. The van der Waals surface area contributed by atoms with E-state index in [0.717, 1.165) is 36.2 Å². The predicted molar refractivity (Wildman–Crippen MR) is 78.4 cm³/mol. The molecular formula is C15H24N2O2. The van der Waals surface area contributed by atoms with E-state index >= 15 is 0 Å². The fraction of sp³-hybridized carbons (Fsp3) is 0.600. The van der Waals surface area contributed by atoms with Gasteiger partial charge in [-0.25, -0.2) is 0 Å². The van der Waals surface area contributed by atoms with E-state index in [4.69, 9.17) is 9.47 Å². The Balaban J connectivity index is 1.95. The molecule has 2 rings (SSSR count). The highest BCUT2D eigenvalue weighted by Gasteiger charge is 2.14. The van der Waals surface area contributed by atoms with Crippen LogP contribution in [0.15, 0.2) is 12.1 Å². The molecule has 1 atom stereocenters. The summed E-state index contributed by atoms with van der Waals surface area (Å²) >= 11 is 0. The lowest BCUT2D eigenvalue weighted by atomic mass is 10.1. The number of hydrogen-bond acceptors (Lipinski definition) is 4. The Bertz CT molecular complexity index is 415. The SMILES string of the molecule is COc1cc(C)c(NCCC2CCNC2)cc1OC. The zero-order valence-electron chi connectivity index (χ0n) is 12.1. The van der Waals surface area contributed by atoms with Gasteiger partial charge in [-0.15, -0.1) is 0 Å². The van der Waals surface area contributed by atoms with Crippen LogP contribution in [0.2, 0.25) is 0 Å². The summed E-state index contributed by atoms with van der Waals surface area (Å²) in [6.45, 7) is 5.41. The average molecular weight is 264 g/mol. The maximum Gasteiger partial charge on any atom is 0.162 e. The van der Waals surface area contributed by atoms with E-state index in [1.165, 1.54) is 24.9 Å². The number of anilines is 1. The standard InChI is InChI=1S/C15H24N2O2/c1-11-8-14(18-2)15(19-3)9-13(11)17-7-5-12-4-6-16-10-12/h8-9,12,16-17H,4-7,10H2,1-3H3. The maximum absolute atomic E-state index is 5.34. The Morgan fingerprint density at radius 3 is 2.63 bits per heavy atom. The van der Waals surface area contributed by atoms with Crippen molar-refractivity contribution in [1.82, 2.24) is 5.32 Å². The van der Waals surface area contributed by atoms with Crippen molar-refractivity contribution in [1.29, 1.82) is 0 Å². The molecule has 0 spiro atoms. The molecule has 1 saturated heterocycles. The van der Waals surface area contributed by atoms with Crippen molar-refractivity contribution in [2.45, 2.75) is 19.8 Å². The van der Waals surface area contributed by atoms with Crippen LogP contribution in [0.4, 0.5) is 5.69 Å². The number of ether oxygens (including phenoxy) is 2. The zero-order valence-corrected chi connectivity index (χ0v) is 12.1. The fourth-order valence-electron chi connectivity index (χ4n) is 2.54. The molecule has 1 aromatic rings. The molecule has 1 unspecified atom stereocenters. The minimum atomic E-state index is 0.776. The molecule has 4 heteroatoms. The topological polar surface area (TPSA) is 42.5 Å². The molecule has 4 nitrogen and oxygen atoms in total. The van der Waals surface area contributed by atoms with Crippen LogP contribution in [0.5, 0.6) is 11.5 Å². The molecule has 106 valence electrons. The molecule has 0 saturated carbocycles. The molecular weight excluding hydrogens is 240 g/mol. The van der Waals surface area contributed by atoms with Gasteiger partial charge in [-0.05, 0) is 50.4 Å². The molecule has 1 fully saturated rings. The number of rotatable bonds is 6. The first kappa shape index (κ1) is 14.0. The van der Waals surface area contributed by atoms with E-state index in [-0.39, 0.29) is 0 Å². The van der Waals surface area contributed by atoms with Crippen LogP contribution < -0.4 is 20.1 Å². The second-order valence-electron chi connectivity index (χ2n) is 5.10. The summed E-state index contributed by atoms with van der Waals surface area (Å²) < 4.78 is 10.6.